The second-order valence-corrected chi connectivity index (χ2v) is 10.4. The lowest BCUT2D eigenvalue weighted by molar-refractivity contribution is -0.133. The molecule has 0 heterocycles. The lowest BCUT2D eigenvalue weighted by Gasteiger charge is -2.60. The summed E-state index contributed by atoms with van der Waals surface area (Å²) in [5, 5.41) is 7.64. The number of hydrogen-bond donors (Lipinski definition) is 1. The number of nitrogens with one attached hydrogen (secondary N) is 1. The van der Waals surface area contributed by atoms with E-state index in [1.165, 1.54) is 24.1 Å². The maximum Gasteiger partial charge on any atom is 0.139 e. The predicted octanol–water partition coefficient (Wildman–Crippen LogP) is 4.75. The SMILES string of the molecule is C=C1CC2CC(=NOCCCNC)CC[C@]2(C)[C@@H]2CC[C@]3(C)C(=O)CC[C@H]3[C@H]12. The molecule has 0 saturated heterocycles. The average molecular weight is 387 g/mol. The van der Waals surface area contributed by atoms with Crippen molar-refractivity contribution in [2.45, 2.75) is 71.6 Å². The number of carbonyl (C=O) groups is 1. The third kappa shape index (κ3) is 3.16. The Hall–Kier alpha value is -1.16. The van der Waals surface area contributed by atoms with Crippen molar-refractivity contribution in [2.24, 2.45) is 39.7 Å². The lowest BCUT2D eigenvalue weighted by atomic mass is 9.44. The molecule has 4 heteroatoms. The standard InChI is InChI=1S/C24H38N2O2/c1-16-14-17-15-18(26-28-13-5-12-25-4)8-10-23(17,2)20-9-11-24(3)19(22(16)20)6-7-21(24)27/h17,19-20,22,25H,1,5-15H2,2-4H3/t17?,19-,20+,22-,23-,24-/m0/s1. The number of Topliss-reactive ketones (excluding diaryl/α,β-unsaturated/α-hetero) is 1. The van der Waals surface area contributed by atoms with Crippen LogP contribution in [0.1, 0.15) is 71.6 Å². The minimum atomic E-state index is -0.0736. The summed E-state index contributed by atoms with van der Waals surface area (Å²) in [4.78, 5) is 18.2. The van der Waals surface area contributed by atoms with E-state index in [2.05, 4.69) is 30.9 Å². The van der Waals surface area contributed by atoms with E-state index >= 15 is 0 Å². The van der Waals surface area contributed by atoms with Gasteiger partial charge in [0, 0.05) is 11.8 Å². The lowest BCUT2D eigenvalue weighted by Crippen LogP contribution is -2.54. The van der Waals surface area contributed by atoms with Crippen LogP contribution >= 0.6 is 0 Å². The maximum absolute atomic E-state index is 12.6. The zero-order chi connectivity index (χ0) is 19.9. The minimum absolute atomic E-state index is 0.0736. The Labute approximate surface area is 170 Å². The van der Waals surface area contributed by atoms with Gasteiger partial charge in [-0.1, -0.05) is 31.2 Å². The Kier molecular flexibility index (Phi) is 5.45. The Morgan fingerprint density at radius 2 is 2.00 bits per heavy atom. The van der Waals surface area contributed by atoms with Crippen molar-refractivity contribution in [2.75, 3.05) is 20.2 Å². The fraction of sp³-hybridized carbons (Fsp3) is 0.833. The Morgan fingerprint density at radius 3 is 2.79 bits per heavy atom. The summed E-state index contributed by atoms with van der Waals surface area (Å²) in [5.74, 6) is 2.94. The molecule has 4 rings (SSSR count). The van der Waals surface area contributed by atoms with Gasteiger partial charge in [0.1, 0.15) is 12.4 Å². The topological polar surface area (TPSA) is 50.7 Å². The second kappa shape index (κ2) is 7.59. The second-order valence-electron chi connectivity index (χ2n) is 10.4. The van der Waals surface area contributed by atoms with Gasteiger partial charge < -0.3 is 10.2 Å². The largest absolute Gasteiger partial charge is 0.396 e. The summed E-state index contributed by atoms with van der Waals surface area (Å²) in [6.45, 7) is 11.0. The van der Waals surface area contributed by atoms with Crippen LogP contribution in [0.15, 0.2) is 17.3 Å². The summed E-state index contributed by atoms with van der Waals surface area (Å²) in [6.07, 6.45) is 9.60. The molecule has 4 fully saturated rings. The quantitative estimate of drug-likeness (QED) is 0.421. The Morgan fingerprint density at radius 1 is 1.18 bits per heavy atom. The molecule has 0 spiro atoms. The Balaban J connectivity index is 1.47. The van der Waals surface area contributed by atoms with Gasteiger partial charge in [0.05, 0.1) is 5.71 Å². The van der Waals surface area contributed by atoms with Crippen molar-refractivity contribution in [3.8, 4) is 0 Å². The van der Waals surface area contributed by atoms with Gasteiger partial charge in [-0.2, -0.15) is 0 Å². The van der Waals surface area contributed by atoms with Gasteiger partial charge in [0.25, 0.3) is 0 Å². The molecule has 0 aromatic heterocycles. The third-order valence-corrected chi connectivity index (χ3v) is 9.03. The Bertz CT molecular complexity index is 672. The molecule has 1 unspecified atom stereocenters. The minimum Gasteiger partial charge on any atom is -0.396 e. The average Bonchev–Trinajstić information content (AvgIpc) is 2.97. The van der Waals surface area contributed by atoms with Gasteiger partial charge in [-0.05, 0) is 94.0 Å². The predicted molar refractivity (Wildman–Crippen MR) is 113 cm³/mol. The highest BCUT2D eigenvalue weighted by molar-refractivity contribution is 5.87. The van der Waals surface area contributed by atoms with Crippen LogP contribution in [0, 0.1) is 34.5 Å². The van der Waals surface area contributed by atoms with Gasteiger partial charge in [-0.15, -0.1) is 0 Å². The van der Waals surface area contributed by atoms with Crippen LogP contribution in [0.2, 0.25) is 0 Å². The first-order valence-corrected chi connectivity index (χ1v) is 11.4. The van der Waals surface area contributed by atoms with Gasteiger partial charge >= 0.3 is 0 Å². The summed E-state index contributed by atoms with van der Waals surface area (Å²) in [5.41, 5.74) is 2.96. The fourth-order valence-electron chi connectivity index (χ4n) is 7.24. The van der Waals surface area contributed by atoms with Crippen molar-refractivity contribution in [3.63, 3.8) is 0 Å². The first-order chi connectivity index (χ1) is 13.4. The maximum atomic E-state index is 12.6. The highest BCUT2D eigenvalue weighted by Crippen LogP contribution is 2.66. The van der Waals surface area contributed by atoms with Gasteiger partial charge in [-0.25, -0.2) is 0 Å². The molecule has 156 valence electrons. The molecule has 0 radical (unpaired) electrons. The van der Waals surface area contributed by atoms with E-state index in [1.54, 1.807) is 0 Å². The number of fused-ring (bicyclic) bond motifs is 5. The molecule has 0 aliphatic heterocycles. The smallest absolute Gasteiger partial charge is 0.139 e. The summed E-state index contributed by atoms with van der Waals surface area (Å²) >= 11 is 0. The summed E-state index contributed by atoms with van der Waals surface area (Å²) < 4.78 is 0. The zero-order valence-corrected chi connectivity index (χ0v) is 18.1. The van der Waals surface area contributed by atoms with Crippen LogP contribution < -0.4 is 5.32 Å². The normalized spacial score (nSPS) is 44.2. The summed E-state index contributed by atoms with van der Waals surface area (Å²) in [7, 11) is 1.96. The van der Waals surface area contributed by atoms with E-state index in [0.717, 1.165) is 51.5 Å². The van der Waals surface area contributed by atoms with E-state index in [0.29, 0.717) is 41.5 Å². The van der Waals surface area contributed by atoms with E-state index in [9.17, 15) is 4.79 Å². The number of nitrogens with zero attached hydrogens (tertiary/aromatic N) is 1. The molecule has 0 aromatic carbocycles. The summed E-state index contributed by atoms with van der Waals surface area (Å²) in [6, 6.07) is 0. The molecule has 0 amide bonds. The van der Waals surface area contributed by atoms with E-state index in [-0.39, 0.29) is 5.41 Å². The molecular formula is C24H38N2O2. The van der Waals surface area contributed by atoms with E-state index in [1.807, 2.05) is 7.05 Å². The monoisotopic (exact) mass is 386 g/mol. The molecule has 1 N–H and O–H groups in total. The van der Waals surface area contributed by atoms with Crippen LogP contribution in [0.4, 0.5) is 0 Å². The third-order valence-electron chi connectivity index (χ3n) is 9.03. The molecule has 4 aliphatic rings. The van der Waals surface area contributed by atoms with Gasteiger partial charge in [0.15, 0.2) is 0 Å². The number of rotatable bonds is 5. The van der Waals surface area contributed by atoms with Crippen LogP contribution in [0.3, 0.4) is 0 Å². The van der Waals surface area contributed by atoms with Crippen molar-refractivity contribution in [1.29, 1.82) is 0 Å². The fourth-order valence-corrected chi connectivity index (χ4v) is 7.24. The molecule has 4 aliphatic carbocycles. The van der Waals surface area contributed by atoms with Gasteiger partial charge in [0.2, 0.25) is 0 Å². The molecule has 28 heavy (non-hydrogen) atoms. The number of hydrogen-bond acceptors (Lipinski definition) is 4. The molecule has 4 saturated carbocycles. The van der Waals surface area contributed by atoms with Crippen LogP contribution in [0.5, 0.6) is 0 Å². The van der Waals surface area contributed by atoms with Crippen molar-refractivity contribution >= 4 is 11.5 Å². The van der Waals surface area contributed by atoms with Crippen LogP contribution in [-0.2, 0) is 9.63 Å². The van der Waals surface area contributed by atoms with Crippen LogP contribution in [0.25, 0.3) is 0 Å². The zero-order valence-electron chi connectivity index (χ0n) is 18.1. The molecule has 6 atom stereocenters. The van der Waals surface area contributed by atoms with Crippen molar-refractivity contribution in [1.82, 2.24) is 5.32 Å². The van der Waals surface area contributed by atoms with Gasteiger partial charge in [-0.3, -0.25) is 4.79 Å². The molecule has 4 nitrogen and oxygen atoms in total. The first-order valence-electron chi connectivity index (χ1n) is 11.4. The van der Waals surface area contributed by atoms with E-state index < -0.39 is 0 Å². The molecule has 0 bridgehead atoms. The highest BCUT2D eigenvalue weighted by Gasteiger charge is 2.61. The number of ketones is 1. The van der Waals surface area contributed by atoms with Crippen molar-refractivity contribution < 1.29 is 9.63 Å². The van der Waals surface area contributed by atoms with E-state index in [4.69, 9.17) is 4.84 Å². The molecular weight excluding hydrogens is 348 g/mol. The highest BCUT2D eigenvalue weighted by atomic mass is 16.6. The van der Waals surface area contributed by atoms with Crippen LogP contribution in [-0.4, -0.2) is 31.7 Å². The number of carbonyl (C=O) groups excluding carboxylic acids is 1. The number of oxime groups is 1. The molecule has 0 aromatic rings. The number of allylic oxidation sites excluding steroid dienone is 1. The van der Waals surface area contributed by atoms with Crippen molar-refractivity contribution in [3.05, 3.63) is 12.2 Å². The first kappa shape index (κ1) is 20.1.